The Morgan fingerprint density at radius 2 is 2.15 bits per heavy atom. The Labute approximate surface area is 126 Å². The van der Waals surface area contributed by atoms with Crippen LogP contribution in [-0.4, -0.2) is 23.9 Å². The molecule has 0 fully saturated rings. The molecule has 0 saturated carbocycles. The summed E-state index contributed by atoms with van der Waals surface area (Å²) in [6.45, 7) is 1.85. The Balaban J connectivity index is 3.09. The zero-order valence-electron chi connectivity index (χ0n) is 10.5. The lowest BCUT2D eigenvalue weighted by molar-refractivity contribution is -0.276. The number of pyridine rings is 1. The molecule has 1 aromatic rings. The van der Waals surface area contributed by atoms with E-state index < -0.39 is 18.2 Å². The highest BCUT2D eigenvalue weighted by molar-refractivity contribution is 14.1. The second-order valence-corrected chi connectivity index (χ2v) is 4.76. The van der Waals surface area contributed by atoms with Crippen LogP contribution in [0.3, 0.4) is 0 Å². The first-order valence-corrected chi connectivity index (χ1v) is 6.64. The summed E-state index contributed by atoms with van der Waals surface area (Å²) in [5.74, 6) is -1.21. The van der Waals surface area contributed by atoms with Crippen molar-refractivity contribution in [1.29, 1.82) is 0 Å². The molecule has 9 heteroatoms. The van der Waals surface area contributed by atoms with Gasteiger partial charge in [-0.3, -0.25) is 4.79 Å². The third-order valence-electron chi connectivity index (χ3n) is 2.17. The summed E-state index contributed by atoms with van der Waals surface area (Å²) in [4.78, 5) is 15.1. The molecule has 0 aromatic carbocycles. The van der Waals surface area contributed by atoms with Crippen molar-refractivity contribution in [1.82, 2.24) is 4.98 Å². The van der Waals surface area contributed by atoms with E-state index in [9.17, 15) is 18.0 Å². The number of nitrogens with two attached hydrogens (primary N) is 1. The quantitative estimate of drug-likeness (QED) is 0.602. The number of esters is 1. The summed E-state index contributed by atoms with van der Waals surface area (Å²) in [5, 5.41) is 0. The lowest BCUT2D eigenvalue weighted by Crippen LogP contribution is -2.20. The van der Waals surface area contributed by atoms with Gasteiger partial charge in [0.1, 0.15) is 0 Å². The van der Waals surface area contributed by atoms with E-state index in [1.54, 1.807) is 6.92 Å². The number of aromatic nitrogens is 1. The lowest BCUT2D eigenvalue weighted by Gasteiger charge is -2.13. The van der Waals surface area contributed by atoms with Gasteiger partial charge in [0.05, 0.1) is 18.7 Å². The summed E-state index contributed by atoms with van der Waals surface area (Å²) >= 11 is 1.81. The molecule has 0 saturated heterocycles. The van der Waals surface area contributed by atoms with Crippen molar-refractivity contribution < 1.29 is 27.4 Å². The van der Waals surface area contributed by atoms with Crippen LogP contribution in [0.5, 0.6) is 5.88 Å². The molecule has 0 aliphatic rings. The zero-order valence-corrected chi connectivity index (χ0v) is 12.6. The normalized spacial score (nSPS) is 11.3. The van der Waals surface area contributed by atoms with Gasteiger partial charge >= 0.3 is 12.3 Å². The summed E-state index contributed by atoms with van der Waals surface area (Å²) in [6, 6.07) is 1.12. The maximum atomic E-state index is 12.2. The van der Waals surface area contributed by atoms with E-state index in [0.29, 0.717) is 9.13 Å². The molecule has 5 nitrogen and oxygen atoms in total. The average molecular weight is 404 g/mol. The molecule has 20 heavy (non-hydrogen) atoms. The SMILES string of the molecule is CCOC(=O)Cc1nc(OC(F)(F)F)cc(I)c1CN. The van der Waals surface area contributed by atoms with Gasteiger partial charge in [0.25, 0.3) is 0 Å². The molecule has 1 heterocycles. The van der Waals surface area contributed by atoms with Crippen LogP contribution in [0.4, 0.5) is 13.2 Å². The van der Waals surface area contributed by atoms with Crippen molar-refractivity contribution in [2.75, 3.05) is 6.61 Å². The maximum absolute atomic E-state index is 12.2. The van der Waals surface area contributed by atoms with Gasteiger partial charge in [-0.1, -0.05) is 0 Å². The minimum Gasteiger partial charge on any atom is -0.466 e. The number of alkyl halides is 3. The average Bonchev–Trinajstić information content (AvgIpc) is 2.26. The van der Waals surface area contributed by atoms with Crippen LogP contribution in [0, 0.1) is 3.57 Å². The highest BCUT2D eigenvalue weighted by atomic mass is 127. The third kappa shape index (κ3) is 5.12. The zero-order chi connectivity index (χ0) is 15.3. The minimum atomic E-state index is -4.85. The lowest BCUT2D eigenvalue weighted by atomic mass is 10.1. The first kappa shape index (κ1) is 17.0. The van der Waals surface area contributed by atoms with Crippen molar-refractivity contribution in [3.63, 3.8) is 0 Å². The van der Waals surface area contributed by atoms with Crippen molar-refractivity contribution in [2.24, 2.45) is 5.73 Å². The number of ether oxygens (including phenoxy) is 2. The molecule has 2 N–H and O–H groups in total. The number of rotatable bonds is 5. The van der Waals surface area contributed by atoms with Gasteiger partial charge in [0.2, 0.25) is 5.88 Å². The van der Waals surface area contributed by atoms with E-state index in [1.165, 1.54) is 0 Å². The maximum Gasteiger partial charge on any atom is 0.574 e. The van der Waals surface area contributed by atoms with Crippen LogP contribution in [-0.2, 0) is 22.5 Å². The molecule has 1 rings (SSSR count). The smallest absolute Gasteiger partial charge is 0.466 e. The number of carbonyl (C=O) groups is 1. The van der Waals surface area contributed by atoms with E-state index in [-0.39, 0.29) is 25.3 Å². The van der Waals surface area contributed by atoms with E-state index in [4.69, 9.17) is 10.5 Å². The van der Waals surface area contributed by atoms with E-state index in [2.05, 4.69) is 9.72 Å². The molecule has 0 amide bonds. The van der Waals surface area contributed by atoms with Crippen molar-refractivity contribution in [3.8, 4) is 5.88 Å². The molecule has 0 atom stereocenters. The summed E-state index contributed by atoms with van der Waals surface area (Å²) in [7, 11) is 0. The second-order valence-electron chi connectivity index (χ2n) is 3.60. The highest BCUT2D eigenvalue weighted by Gasteiger charge is 2.32. The Kier molecular flexibility index (Phi) is 5.99. The van der Waals surface area contributed by atoms with Crippen LogP contribution in [0.1, 0.15) is 18.2 Å². The molecule has 112 valence electrons. The number of carbonyl (C=O) groups excluding carboxylic acids is 1. The van der Waals surface area contributed by atoms with Gasteiger partial charge in [-0.15, -0.1) is 13.2 Å². The molecular formula is C11H12F3IN2O3. The minimum absolute atomic E-state index is 0.0479. The number of halogens is 4. The first-order chi connectivity index (χ1) is 9.26. The van der Waals surface area contributed by atoms with Crippen molar-refractivity contribution in [3.05, 3.63) is 20.9 Å². The molecule has 0 unspecified atom stereocenters. The monoisotopic (exact) mass is 404 g/mol. The van der Waals surface area contributed by atoms with Crippen LogP contribution in [0.15, 0.2) is 6.07 Å². The van der Waals surface area contributed by atoms with E-state index in [0.717, 1.165) is 6.07 Å². The standard InChI is InChI=1S/C11H12F3IN2O3/c1-2-19-10(18)4-8-6(5-16)7(15)3-9(17-8)20-11(12,13)14/h3H,2,4-5,16H2,1H3. The van der Waals surface area contributed by atoms with Gasteiger partial charge in [-0.2, -0.15) is 0 Å². The van der Waals surface area contributed by atoms with Gasteiger partial charge in [0.15, 0.2) is 0 Å². The molecule has 0 spiro atoms. The van der Waals surface area contributed by atoms with Crippen LogP contribution < -0.4 is 10.5 Å². The first-order valence-electron chi connectivity index (χ1n) is 5.56. The van der Waals surface area contributed by atoms with Crippen LogP contribution in [0.25, 0.3) is 0 Å². The van der Waals surface area contributed by atoms with Crippen molar-refractivity contribution >= 4 is 28.6 Å². The van der Waals surface area contributed by atoms with Gasteiger partial charge < -0.3 is 15.2 Å². The topological polar surface area (TPSA) is 74.4 Å². The van der Waals surface area contributed by atoms with Crippen LogP contribution in [0.2, 0.25) is 0 Å². The Hall–Kier alpha value is -1.10. The highest BCUT2D eigenvalue weighted by Crippen LogP contribution is 2.26. The van der Waals surface area contributed by atoms with Gasteiger partial charge in [-0.05, 0) is 29.5 Å². The number of hydrogen-bond acceptors (Lipinski definition) is 5. The molecule has 1 aromatic heterocycles. The largest absolute Gasteiger partial charge is 0.574 e. The fourth-order valence-corrected chi connectivity index (χ4v) is 2.25. The summed E-state index contributed by atoms with van der Waals surface area (Å²) < 4.78 is 45.5. The Morgan fingerprint density at radius 3 is 2.65 bits per heavy atom. The Morgan fingerprint density at radius 1 is 1.50 bits per heavy atom. The van der Waals surface area contributed by atoms with Gasteiger partial charge in [-0.25, -0.2) is 4.98 Å². The second kappa shape index (κ2) is 7.07. The van der Waals surface area contributed by atoms with Gasteiger partial charge in [0, 0.05) is 21.7 Å². The molecule has 0 aliphatic carbocycles. The van der Waals surface area contributed by atoms with E-state index in [1.807, 2.05) is 22.6 Å². The van der Waals surface area contributed by atoms with E-state index >= 15 is 0 Å². The Bertz CT molecular complexity index is 495. The molecule has 0 aliphatic heterocycles. The summed E-state index contributed by atoms with van der Waals surface area (Å²) in [5.41, 5.74) is 6.13. The number of nitrogens with zero attached hydrogens (tertiary/aromatic N) is 1. The molecule has 0 radical (unpaired) electrons. The van der Waals surface area contributed by atoms with Crippen molar-refractivity contribution in [2.45, 2.75) is 26.3 Å². The molecular weight excluding hydrogens is 392 g/mol. The molecule has 0 bridgehead atoms. The fourth-order valence-electron chi connectivity index (χ4n) is 1.45. The third-order valence-corrected chi connectivity index (χ3v) is 3.14. The van der Waals surface area contributed by atoms with Crippen LogP contribution >= 0.6 is 22.6 Å². The predicted octanol–water partition coefficient (Wildman–Crippen LogP) is 2.15. The predicted molar refractivity (Wildman–Crippen MR) is 71.9 cm³/mol. The number of hydrogen-bond donors (Lipinski definition) is 1. The fraction of sp³-hybridized carbons (Fsp3) is 0.455. The summed E-state index contributed by atoms with van der Waals surface area (Å²) in [6.07, 6.45) is -5.10.